The third-order valence-corrected chi connectivity index (χ3v) is 3.83. The number of carbonyl (C=O) groups excluding carboxylic acids is 1. The maximum atomic E-state index is 12.5. The van der Waals surface area contributed by atoms with Crippen molar-refractivity contribution in [1.29, 1.82) is 0 Å². The molecule has 1 aromatic rings. The van der Waals surface area contributed by atoms with E-state index in [0.717, 1.165) is 6.42 Å². The minimum atomic E-state index is -0.412. The molecule has 100 valence electrons. The summed E-state index contributed by atoms with van der Waals surface area (Å²) in [5.41, 5.74) is 0.162. The molecule has 0 spiro atoms. The number of carbonyl (C=O) groups is 1. The maximum absolute atomic E-state index is 12.5. The predicted octanol–water partition coefficient (Wildman–Crippen LogP) is 4.09. The molecular weight excluding hydrogens is 296 g/mol. The van der Waals surface area contributed by atoms with E-state index in [4.69, 9.17) is 9.47 Å². The summed E-state index contributed by atoms with van der Waals surface area (Å²) < 4.78 is 11.2. The standard InChI is InChI=1S/C14H19BrO3/c1-6-14(2,3)13(16)12-10(15)7-9(17-4)8-11(12)18-5/h7-8H,6H2,1-5H3. The lowest BCUT2D eigenvalue weighted by molar-refractivity contribution is 0.0828. The Hall–Kier alpha value is -1.03. The van der Waals surface area contributed by atoms with E-state index < -0.39 is 5.41 Å². The molecule has 0 aliphatic carbocycles. The SMILES string of the molecule is CCC(C)(C)C(=O)c1c(Br)cc(OC)cc1OC. The third kappa shape index (κ3) is 2.86. The molecule has 1 rings (SSSR count). The van der Waals surface area contributed by atoms with Crippen LogP contribution in [0.1, 0.15) is 37.6 Å². The van der Waals surface area contributed by atoms with Gasteiger partial charge in [0, 0.05) is 16.0 Å². The summed E-state index contributed by atoms with van der Waals surface area (Å²) in [5, 5.41) is 0. The first-order chi connectivity index (χ1) is 8.37. The quantitative estimate of drug-likeness (QED) is 0.768. The van der Waals surface area contributed by atoms with Crippen LogP contribution < -0.4 is 9.47 Å². The molecule has 0 N–H and O–H groups in total. The Morgan fingerprint density at radius 1 is 1.28 bits per heavy atom. The number of ether oxygens (including phenoxy) is 2. The van der Waals surface area contributed by atoms with E-state index in [0.29, 0.717) is 21.5 Å². The molecule has 0 aromatic heterocycles. The zero-order chi connectivity index (χ0) is 13.9. The molecule has 18 heavy (non-hydrogen) atoms. The van der Waals surface area contributed by atoms with Crippen LogP contribution in [0.3, 0.4) is 0 Å². The second-order valence-corrected chi connectivity index (χ2v) is 5.61. The first-order valence-electron chi connectivity index (χ1n) is 5.83. The number of halogens is 1. The van der Waals surface area contributed by atoms with E-state index in [1.54, 1.807) is 26.4 Å². The first kappa shape index (κ1) is 15.0. The van der Waals surface area contributed by atoms with E-state index in [9.17, 15) is 4.79 Å². The Labute approximate surface area is 117 Å². The Bertz CT molecular complexity index is 453. The number of rotatable bonds is 5. The van der Waals surface area contributed by atoms with Crippen LogP contribution in [0, 0.1) is 5.41 Å². The molecule has 0 aliphatic rings. The summed E-state index contributed by atoms with van der Waals surface area (Å²) in [7, 11) is 3.13. The van der Waals surface area contributed by atoms with Gasteiger partial charge in [0.2, 0.25) is 0 Å². The fourth-order valence-corrected chi connectivity index (χ4v) is 2.16. The number of hydrogen-bond donors (Lipinski definition) is 0. The van der Waals surface area contributed by atoms with Gasteiger partial charge in [0.15, 0.2) is 5.78 Å². The monoisotopic (exact) mass is 314 g/mol. The molecule has 0 saturated heterocycles. The number of ketones is 1. The summed E-state index contributed by atoms with van der Waals surface area (Å²) in [6.07, 6.45) is 0.771. The van der Waals surface area contributed by atoms with Gasteiger partial charge in [-0.2, -0.15) is 0 Å². The number of methoxy groups -OCH3 is 2. The van der Waals surface area contributed by atoms with Gasteiger partial charge in [-0.15, -0.1) is 0 Å². The molecular formula is C14H19BrO3. The van der Waals surface area contributed by atoms with Crippen molar-refractivity contribution in [3.8, 4) is 11.5 Å². The largest absolute Gasteiger partial charge is 0.497 e. The Kier molecular flexibility index (Phi) is 4.79. The molecule has 0 fully saturated rings. The fraction of sp³-hybridized carbons (Fsp3) is 0.500. The van der Waals surface area contributed by atoms with Crippen molar-refractivity contribution in [2.75, 3.05) is 14.2 Å². The molecule has 0 saturated carbocycles. The van der Waals surface area contributed by atoms with Crippen LogP contribution in [0.25, 0.3) is 0 Å². The predicted molar refractivity (Wildman–Crippen MR) is 75.6 cm³/mol. The lowest BCUT2D eigenvalue weighted by Crippen LogP contribution is -2.24. The van der Waals surface area contributed by atoms with Gasteiger partial charge in [-0.25, -0.2) is 0 Å². The summed E-state index contributed by atoms with van der Waals surface area (Å²) in [5.74, 6) is 1.26. The smallest absolute Gasteiger partial charge is 0.173 e. The van der Waals surface area contributed by atoms with Gasteiger partial charge in [0.05, 0.1) is 19.8 Å². The number of Topliss-reactive ketones (excluding diaryl/α,β-unsaturated/α-hetero) is 1. The molecule has 4 heteroatoms. The highest BCUT2D eigenvalue weighted by atomic mass is 79.9. The normalized spacial score (nSPS) is 11.2. The van der Waals surface area contributed by atoms with E-state index in [1.807, 2.05) is 20.8 Å². The van der Waals surface area contributed by atoms with Crippen molar-refractivity contribution in [2.24, 2.45) is 5.41 Å². The van der Waals surface area contributed by atoms with Crippen LogP contribution in [0.4, 0.5) is 0 Å². The zero-order valence-corrected chi connectivity index (χ0v) is 13.1. The maximum Gasteiger partial charge on any atom is 0.173 e. The molecule has 0 radical (unpaired) electrons. The number of benzene rings is 1. The first-order valence-corrected chi connectivity index (χ1v) is 6.63. The highest BCUT2D eigenvalue weighted by Gasteiger charge is 2.30. The second kappa shape index (κ2) is 5.74. The topological polar surface area (TPSA) is 35.5 Å². The molecule has 3 nitrogen and oxygen atoms in total. The van der Waals surface area contributed by atoms with Gasteiger partial charge >= 0.3 is 0 Å². The van der Waals surface area contributed by atoms with E-state index in [-0.39, 0.29) is 5.78 Å². The van der Waals surface area contributed by atoms with Gasteiger partial charge < -0.3 is 9.47 Å². The van der Waals surface area contributed by atoms with Crippen molar-refractivity contribution in [3.63, 3.8) is 0 Å². The molecule has 0 unspecified atom stereocenters. The molecule has 0 bridgehead atoms. The highest BCUT2D eigenvalue weighted by Crippen LogP contribution is 2.37. The van der Waals surface area contributed by atoms with E-state index in [1.165, 1.54) is 0 Å². The molecule has 0 atom stereocenters. The number of hydrogen-bond acceptors (Lipinski definition) is 3. The minimum absolute atomic E-state index is 0.0661. The lowest BCUT2D eigenvalue weighted by Gasteiger charge is -2.23. The summed E-state index contributed by atoms with van der Waals surface area (Å²) in [6.45, 7) is 5.87. The third-order valence-electron chi connectivity index (χ3n) is 3.21. The van der Waals surface area contributed by atoms with Gasteiger partial charge in [0.25, 0.3) is 0 Å². The van der Waals surface area contributed by atoms with Crippen molar-refractivity contribution >= 4 is 21.7 Å². The van der Waals surface area contributed by atoms with Crippen molar-refractivity contribution < 1.29 is 14.3 Å². The van der Waals surface area contributed by atoms with Crippen LogP contribution >= 0.6 is 15.9 Å². The van der Waals surface area contributed by atoms with Crippen molar-refractivity contribution in [1.82, 2.24) is 0 Å². The van der Waals surface area contributed by atoms with Crippen LogP contribution in [-0.4, -0.2) is 20.0 Å². The highest BCUT2D eigenvalue weighted by molar-refractivity contribution is 9.10. The van der Waals surface area contributed by atoms with Crippen LogP contribution in [0.5, 0.6) is 11.5 Å². The average Bonchev–Trinajstić information content (AvgIpc) is 2.36. The van der Waals surface area contributed by atoms with Crippen LogP contribution in [-0.2, 0) is 0 Å². The summed E-state index contributed by atoms with van der Waals surface area (Å²) in [4.78, 5) is 12.5. The van der Waals surface area contributed by atoms with Crippen LogP contribution in [0.2, 0.25) is 0 Å². The van der Waals surface area contributed by atoms with Crippen LogP contribution in [0.15, 0.2) is 16.6 Å². The van der Waals surface area contributed by atoms with Gasteiger partial charge in [-0.3, -0.25) is 4.79 Å². The Balaban J connectivity index is 3.36. The van der Waals surface area contributed by atoms with E-state index >= 15 is 0 Å². The Morgan fingerprint density at radius 3 is 2.33 bits per heavy atom. The molecule has 0 amide bonds. The Morgan fingerprint density at radius 2 is 1.89 bits per heavy atom. The summed E-state index contributed by atoms with van der Waals surface area (Å²) >= 11 is 3.42. The summed E-state index contributed by atoms with van der Waals surface area (Å²) in [6, 6.07) is 3.51. The van der Waals surface area contributed by atoms with Gasteiger partial charge in [-0.05, 0) is 28.4 Å². The minimum Gasteiger partial charge on any atom is -0.497 e. The van der Waals surface area contributed by atoms with E-state index in [2.05, 4.69) is 15.9 Å². The van der Waals surface area contributed by atoms with Crippen molar-refractivity contribution in [2.45, 2.75) is 27.2 Å². The lowest BCUT2D eigenvalue weighted by atomic mass is 9.81. The molecule has 1 aromatic carbocycles. The average molecular weight is 315 g/mol. The second-order valence-electron chi connectivity index (χ2n) is 4.75. The fourth-order valence-electron chi connectivity index (χ4n) is 1.56. The van der Waals surface area contributed by atoms with Gasteiger partial charge in [-0.1, -0.05) is 20.8 Å². The van der Waals surface area contributed by atoms with Gasteiger partial charge in [0.1, 0.15) is 11.5 Å². The molecule has 0 aliphatic heterocycles. The van der Waals surface area contributed by atoms with Crippen molar-refractivity contribution in [3.05, 3.63) is 22.2 Å². The zero-order valence-electron chi connectivity index (χ0n) is 11.5. The molecule has 0 heterocycles.